The lowest BCUT2D eigenvalue weighted by atomic mass is 10.0. The predicted octanol–water partition coefficient (Wildman–Crippen LogP) is 2.47. The zero-order valence-corrected chi connectivity index (χ0v) is 16.6. The molecule has 0 radical (unpaired) electrons. The molecule has 0 bridgehead atoms. The molecular formula is C22H27N3O3. The molecule has 3 rings (SSSR count). The largest absolute Gasteiger partial charge is 0.497 e. The molecule has 6 heteroatoms. The van der Waals surface area contributed by atoms with E-state index in [1.54, 1.807) is 12.0 Å². The first kappa shape index (κ1) is 19.9. The Balaban J connectivity index is 1.61. The quantitative estimate of drug-likeness (QED) is 0.800. The van der Waals surface area contributed by atoms with Gasteiger partial charge < -0.3 is 19.9 Å². The molecule has 2 aromatic rings. The summed E-state index contributed by atoms with van der Waals surface area (Å²) in [6, 6.07) is 17.4. The molecule has 1 heterocycles. The van der Waals surface area contributed by atoms with Gasteiger partial charge >= 0.3 is 0 Å². The molecule has 28 heavy (non-hydrogen) atoms. The van der Waals surface area contributed by atoms with E-state index in [4.69, 9.17) is 4.74 Å². The van der Waals surface area contributed by atoms with E-state index in [2.05, 4.69) is 10.2 Å². The predicted molar refractivity (Wildman–Crippen MR) is 109 cm³/mol. The molecule has 2 atom stereocenters. The van der Waals surface area contributed by atoms with Crippen LogP contribution >= 0.6 is 0 Å². The number of hydrogen-bond donors (Lipinski definition) is 1. The minimum absolute atomic E-state index is 0.00864. The van der Waals surface area contributed by atoms with Gasteiger partial charge in [0, 0.05) is 25.2 Å². The first-order valence-corrected chi connectivity index (χ1v) is 9.43. The Hall–Kier alpha value is -2.86. The Bertz CT molecular complexity index is 806. The fourth-order valence-corrected chi connectivity index (χ4v) is 3.51. The summed E-state index contributed by atoms with van der Waals surface area (Å²) in [7, 11) is 5.61. The van der Waals surface area contributed by atoms with Crippen LogP contribution in [0.15, 0.2) is 54.6 Å². The van der Waals surface area contributed by atoms with Gasteiger partial charge in [-0.3, -0.25) is 9.59 Å². The maximum absolute atomic E-state index is 12.7. The van der Waals surface area contributed by atoms with Crippen molar-refractivity contribution in [3.05, 3.63) is 60.2 Å². The van der Waals surface area contributed by atoms with Crippen molar-refractivity contribution in [1.29, 1.82) is 0 Å². The van der Waals surface area contributed by atoms with Crippen LogP contribution in [0.2, 0.25) is 0 Å². The number of rotatable bonds is 7. The zero-order chi connectivity index (χ0) is 20.1. The monoisotopic (exact) mass is 381 g/mol. The Morgan fingerprint density at radius 1 is 1.18 bits per heavy atom. The van der Waals surface area contributed by atoms with E-state index in [1.165, 1.54) is 0 Å². The third kappa shape index (κ3) is 4.51. The average molecular weight is 381 g/mol. The molecule has 1 aliphatic rings. The maximum Gasteiger partial charge on any atom is 0.227 e. The van der Waals surface area contributed by atoms with Gasteiger partial charge in [0.1, 0.15) is 5.75 Å². The van der Waals surface area contributed by atoms with Gasteiger partial charge in [-0.05, 0) is 43.9 Å². The van der Waals surface area contributed by atoms with E-state index in [-0.39, 0.29) is 30.2 Å². The number of nitrogens with zero attached hydrogens (tertiary/aromatic N) is 2. The number of ether oxygens (including phenoxy) is 1. The number of nitrogens with one attached hydrogen (secondary N) is 1. The number of likely N-dealkylation sites (N-methyl/N-ethyl adjacent to an activating group) is 1. The first-order valence-electron chi connectivity index (χ1n) is 9.43. The van der Waals surface area contributed by atoms with Crippen LogP contribution in [0.4, 0.5) is 5.69 Å². The van der Waals surface area contributed by atoms with E-state index in [9.17, 15) is 9.59 Å². The van der Waals surface area contributed by atoms with Gasteiger partial charge in [-0.2, -0.15) is 0 Å². The standard InChI is InChI=1S/C22H27N3O3/c1-24(2)20(16-9-11-19(28-3)12-10-16)14-23-22(27)17-13-21(26)25(15-17)18-7-5-4-6-8-18/h4-12,17,20H,13-15H2,1-3H3,(H,23,27). The van der Waals surface area contributed by atoms with E-state index in [1.807, 2.05) is 68.7 Å². The van der Waals surface area contributed by atoms with E-state index < -0.39 is 0 Å². The van der Waals surface area contributed by atoms with Crippen molar-refractivity contribution in [2.24, 2.45) is 5.92 Å². The number of amides is 2. The number of benzene rings is 2. The van der Waals surface area contributed by atoms with Crippen LogP contribution in [0.5, 0.6) is 5.75 Å². The van der Waals surface area contributed by atoms with Gasteiger partial charge in [0.2, 0.25) is 11.8 Å². The lowest BCUT2D eigenvalue weighted by Gasteiger charge is -2.26. The summed E-state index contributed by atoms with van der Waals surface area (Å²) in [6.45, 7) is 0.901. The number of hydrogen-bond acceptors (Lipinski definition) is 4. The van der Waals surface area contributed by atoms with E-state index in [0.717, 1.165) is 17.0 Å². The van der Waals surface area contributed by atoms with Crippen LogP contribution in [0, 0.1) is 5.92 Å². The molecule has 148 valence electrons. The minimum atomic E-state index is -0.327. The highest BCUT2D eigenvalue weighted by Gasteiger charge is 2.35. The van der Waals surface area contributed by atoms with Crippen molar-refractivity contribution in [2.75, 3.05) is 39.2 Å². The Labute approximate surface area is 166 Å². The van der Waals surface area contributed by atoms with Gasteiger partial charge in [-0.15, -0.1) is 0 Å². The smallest absolute Gasteiger partial charge is 0.227 e. The number of anilines is 1. The lowest BCUT2D eigenvalue weighted by Crippen LogP contribution is -2.38. The first-order chi connectivity index (χ1) is 13.5. The average Bonchev–Trinajstić information content (AvgIpc) is 3.10. The van der Waals surface area contributed by atoms with Crippen molar-refractivity contribution >= 4 is 17.5 Å². The van der Waals surface area contributed by atoms with Crippen molar-refractivity contribution < 1.29 is 14.3 Å². The summed E-state index contributed by atoms with van der Waals surface area (Å²) in [5.74, 6) is 0.389. The Morgan fingerprint density at radius 2 is 1.86 bits per heavy atom. The summed E-state index contributed by atoms with van der Waals surface area (Å²) in [4.78, 5) is 28.8. The van der Waals surface area contributed by atoms with Gasteiger partial charge in [-0.1, -0.05) is 30.3 Å². The van der Waals surface area contributed by atoms with Crippen LogP contribution in [0.3, 0.4) is 0 Å². The highest BCUT2D eigenvalue weighted by Crippen LogP contribution is 2.25. The van der Waals surface area contributed by atoms with Crippen LogP contribution in [-0.4, -0.2) is 51.0 Å². The molecule has 0 aromatic heterocycles. The van der Waals surface area contributed by atoms with E-state index in [0.29, 0.717) is 13.1 Å². The van der Waals surface area contributed by atoms with Crippen molar-refractivity contribution in [1.82, 2.24) is 10.2 Å². The molecule has 0 aliphatic carbocycles. The second-order valence-electron chi connectivity index (χ2n) is 7.24. The normalized spacial score (nSPS) is 17.6. The molecule has 2 aromatic carbocycles. The third-order valence-electron chi connectivity index (χ3n) is 5.16. The zero-order valence-electron chi connectivity index (χ0n) is 16.6. The SMILES string of the molecule is COc1ccc(C(CNC(=O)C2CC(=O)N(c3ccccc3)C2)N(C)C)cc1. The van der Waals surface area contributed by atoms with Crippen LogP contribution in [-0.2, 0) is 9.59 Å². The summed E-state index contributed by atoms with van der Waals surface area (Å²) >= 11 is 0. The molecule has 1 aliphatic heterocycles. The van der Waals surface area contributed by atoms with Crippen LogP contribution in [0.25, 0.3) is 0 Å². The fourth-order valence-electron chi connectivity index (χ4n) is 3.51. The summed E-state index contributed by atoms with van der Waals surface area (Å²) in [5, 5.41) is 3.03. The lowest BCUT2D eigenvalue weighted by molar-refractivity contribution is -0.126. The highest BCUT2D eigenvalue weighted by molar-refractivity contribution is 6.00. The topological polar surface area (TPSA) is 61.9 Å². The molecule has 2 amide bonds. The molecule has 1 fully saturated rings. The van der Waals surface area contributed by atoms with Gasteiger partial charge in [0.15, 0.2) is 0 Å². The number of carbonyl (C=O) groups is 2. The van der Waals surface area contributed by atoms with E-state index >= 15 is 0 Å². The second-order valence-corrected chi connectivity index (χ2v) is 7.24. The summed E-state index contributed by atoms with van der Waals surface area (Å²) < 4.78 is 5.21. The van der Waals surface area contributed by atoms with Crippen molar-refractivity contribution in [3.8, 4) is 5.75 Å². The van der Waals surface area contributed by atoms with Gasteiger partial charge in [0.05, 0.1) is 19.1 Å². The Kier molecular flexibility index (Phi) is 6.31. The minimum Gasteiger partial charge on any atom is -0.497 e. The molecule has 1 N–H and O–H groups in total. The second kappa shape index (κ2) is 8.89. The molecule has 6 nitrogen and oxygen atoms in total. The summed E-state index contributed by atoms with van der Waals surface area (Å²) in [5.41, 5.74) is 1.94. The number of methoxy groups -OCH3 is 1. The fraction of sp³-hybridized carbons (Fsp3) is 0.364. The summed E-state index contributed by atoms with van der Waals surface area (Å²) in [6.07, 6.45) is 0.246. The molecule has 0 saturated carbocycles. The van der Waals surface area contributed by atoms with Crippen LogP contribution < -0.4 is 15.0 Å². The number of para-hydroxylation sites is 1. The van der Waals surface area contributed by atoms with Crippen molar-refractivity contribution in [3.63, 3.8) is 0 Å². The third-order valence-corrected chi connectivity index (χ3v) is 5.16. The molecule has 1 saturated heterocycles. The molecule has 2 unspecified atom stereocenters. The van der Waals surface area contributed by atoms with Gasteiger partial charge in [-0.25, -0.2) is 0 Å². The van der Waals surface area contributed by atoms with Crippen LogP contribution in [0.1, 0.15) is 18.0 Å². The van der Waals surface area contributed by atoms with Gasteiger partial charge in [0.25, 0.3) is 0 Å². The molecular weight excluding hydrogens is 354 g/mol. The number of carbonyl (C=O) groups excluding carboxylic acids is 2. The Morgan fingerprint density at radius 3 is 2.46 bits per heavy atom. The maximum atomic E-state index is 12.7. The van der Waals surface area contributed by atoms with Crippen molar-refractivity contribution in [2.45, 2.75) is 12.5 Å². The molecule has 0 spiro atoms. The highest BCUT2D eigenvalue weighted by atomic mass is 16.5.